The summed E-state index contributed by atoms with van der Waals surface area (Å²) in [5.41, 5.74) is 4.37. The van der Waals surface area contributed by atoms with E-state index in [-0.39, 0.29) is 24.7 Å². The zero-order valence-corrected chi connectivity index (χ0v) is 19.0. The topological polar surface area (TPSA) is 41.6 Å². The maximum absolute atomic E-state index is 12.4. The fraction of sp³-hybridized carbons (Fsp3) is 0.174. The summed E-state index contributed by atoms with van der Waals surface area (Å²) >= 11 is 7.10. The van der Waals surface area contributed by atoms with E-state index in [1.165, 1.54) is 7.11 Å². The Labute approximate surface area is 187 Å². The quantitative estimate of drug-likeness (QED) is 0.439. The molecule has 0 radical (unpaired) electrons. The van der Waals surface area contributed by atoms with Crippen LogP contribution < -0.4 is 5.32 Å². The smallest absolute Gasteiger partial charge is 0.319 e. The highest BCUT2D eigenvalue weighted by Crippen LogP contribution is 2.44. The van der Waals surface area contributed by atoms with E-state index in [0.717, 1.165) is 31.3 Å². The van der Waals surface area contributed by atoms with Crippen molar-refractivity contribution in [1.82, 2.24) is 4.90 Å². The lowest BCUT2D eigenvalue weighted by Gasteiger charge is -2.44. The summed E-state index contributed by atoms with van der Waals surface area (Å²) in [6, 6.07) is 24.6. The third kappa shape index (κ3) is 4.25. The van der Waals surface area contributed by atoms with Crippen molar-refractivity contribution in [3.63, 3.8) is 0 Å². The summed E-state index contributed by atoms with van der Waals surface area (Å²) in [6.45, 7) is 0.162. The third-order valence-corrected chi connectivity index (χ3v) is 6.13. The van der Waals surface area contributed by atoms with Gasteiger partial charge in [0, 0.05) is 14.6 Å². The molecule has 0 bridgehead atoms. The Morgan fingerprint density at radius 2 is 1.66 bits per heavy atom. The number of rotatable bonds is 4. The van der Waals surface area contributed by atoms with E-state index in [0.29, 0.717) is 0 Å². The van der Waals surface area contributed by atoms with E-state index < -0.39 is 0 Å². The minimum Gasteiger partial charge on any atom is -0.468 e. The Balaban J connectivity index is 1.88. The van der Waals surface area contributed by atoms with E-state index in [2.05, 4.69) is 78.5 Å². The molecule has 1 aliphatic rings. The number of fused-ring (bicyclic) bond motifs is 1. The molecule has 1 N–H and O–H groups in total. The van der Waals surface area contributed by atoms with E-state index >= 15 is 0 Å². The summed E-state index contributed by atoms with van der Waals surface area (Å²) in [6.07, 6.45) is -0.180. The predicted octanol–water partition coefficient (Wildman–Crippen LogP) is 5.90. The molecule has 0 amide bonds. The fourth-order valence-electron chi connectivity index (χ4n) is 3.77. The molecule has 2 atom stereocenters. The molecule has 4 rings (SSSR count). The highest BCUT2D eigenvalue weighted by Gasteiger charge is 2.37. The molecule has 4 nitrogen and oxygen atoms in total. The van der Waals surface area contributed by atoms with Crippen LogP contribution in [0.25, 0.3) is 0 Å². The van der Waals surface area contributed by atoms with E-state index in [9.17, 15) is 4.79 Å². The Morgan fingerprint density at radius 3 is 2.34 bits per heavy atom. The second-order valence-corrected chi connectivity index (χ2v) is 8.72. The first-order chi connectivity index (χ1) is 14.1. The molecule has 0 fully saturated rings. The second-order valence-electron chi connectivity index (χ2n) is 6.89. The van der Waals surface area contributed by atoms with Gasteiger partial charge in [-0.15, -0.1) is 0 Å². The minimum atomic E-state index is -0.270. The molecule has 0 aliphatic carbocycles. The number of nitrogens with zero attached hydrogens (tertiary/aromatic N) is 1. The molecule has 3 aromatic rings. The standard InChI is InChI=1S/C23H20Br2N2O2/c1-29-21(28)14-27-22(15-5-3-2-4-6-15)19-13-18(25)11-12-20(19)26-23(27)16-7-9-17(24)10-8-16/h2-13,22-23,26H,14H2,1H3. The van der Waals surface area contributed by atoms with Crippen molar-refractivity contribution in [1.29, 1.82) is 0 Å². The van der Waals surface area contributed by atoms with Gasteiger partial charge in [-0.1, -0.05) is 74.3 Å². The Morgan fingerprint density at radius 1 is 0.966 bits per heavy atom. The van der Waals surface area contributed by atoms with Gasteiger partial charge in [0.15, 0.2) is 0 Å². The number of methoxy groups -OCH3 is 1. The van der Waals surface area contributed by atoms with E-state index in [1.54, 1.807) is 0 Å². The van der Waals surface area contributed by atoms with E-state index in [4.69, 9.17) is 4.74 Å². The number of carbonyl (C=O) groups is 1. The minimum absolute atomic E-state index is 0.0994. The van der Waals surface area contributed by atoms with Gasteiger partial charge in [-0.2, -0.15) is 0 Å². The molecule has 1 aliphatic heterocycles. The van der Waals surface area contributed by atoms with Crippen molar-refractivity contribution in [2.45, 2.75) is 12.2 Å². The van der Waals surface area contributed by atoms with Crippen LogP contribution in [0.1, 0.15) is 28.9 Å². The van der Waals surface area contributed by atoms with Crippen LogP contribution in [-0.4, -0.2) is 24.5 Å². The number of ether oxygens (including phenoxy) is 1. The Kier molecular flexibility index (Phi) is 6.04. The van der Waals surface area contributed by atoms with Crippen LogP contribution in [0.3, 0.4) is 0 Å². The van der Waals surface area contributed by atoms with Gasteiger partial charge in [0.05, 0.1) is 19.7 Å². The van der Waals surface area contributed by atoms with Crippen molar-refractivity contribution in [3.8, 4) is 0 Å². The maximum atomic E-state index is 12.4. The summed E-state index contributed by atoms with van der Waals surface area (Å²) in [5, 5.41) is 3.62. The number of nitrogens with one attached hydrogen (secondary N) is 1. The lowest BCUT2D eigenvalue weighted by molar-refractivity contribution is -0.143. The molecule has 0 aromatic heterocycles. The van der Waals surface area contributed by atoms with Crippen molar-refractivity contribution in [3.05, 3.63) is 98.4 Å². The van der Waals surface area contributed by atoms with Gasteiger partial charge in [-0.05, 0) is 47.0 Å². The van der Waals surface area contributed by atoms with Gasteiger partial charge in [-0.25, -0.2) is 0 Å². The van der Waals surface area contributed by atoms with Crippen molar-refractivity contribution < 1.29 is 9.53 Å². The zero-order chi connectivity index (χ0) is 20.4. The Hall–Kier alpha value is -2.15. The van der Waals surface area contributed by atoms with Crippen LogP contribution in [0, 0.1) is 0 Å². The summed E-state index contributed by atoms with van der Waals surface area (Å²) in [4.78, 5) is 14.5. The summed E-state index contributed by atoms with van der Waals surface area (Å²) in [7, 11) is 1.43. The first-order valence-corrected chi connectivity index (χ1v) is 10.8. The molecular formula is C23H20Br2N2O2. The summed E-state index contributed by atoms with van der Waals surface area (Å²) < 4.78 is 7.04. The molecular weight excluding hydrogens is 496 g/mol. The van der Waals surface area contributed by atoms with Crippen molar-refractivity contribution in [2.24, 2.45) is 0 Å². The number of anilines is 1. The van der Waals surface area contributed by atoms with E-state index in [1.807, 2.05) is 36.4 Å². The summed E-state index contributed by atoms with van der Waals surface area (Å²) in [5.74, 6) is -0.270. The van der Waals surface area contributed by atoms with Gasteiger partial charge in [0.2, 0.25) is 0 Å². The van der Waals surface area contributed by atoms with Crippen LogP contribution in [0.4, 0.5) is 5.69 Å². The van der Waals surface area contributed by atoms with Crippen molar-refractivity contribution >= 4 is 43.5 Å². The largest absolute Gasteiger partial charge is 0.468 e. The van der Waals surface area contributed by atoms with Gasteiger partial charge in [0.25, 0.3) is 0 Å². The monoisotopic (exact) mass is 514 g/mol. The van der Waals surface area contributed by atoms with Gasteiger partial charge < -0.3 is 10.1 Å². The molecule has 6 heteroatoms. The van der Waals surface area contributed by atoms with Crippen LogP contribution in [0.15, 0.2) is 81.7 Å². The molecule has 148 valence electrons. The zero-order valence-electron chi connectivity index (χ0n) is 15.8. The molecule has 29 heavy (non-hydrogen) atoms. The number of benzene rings is 3. The lowest BCUT2D eigenvalue weighted by atomic mass is 9.91. The normalized spacial score (nSPS) is 18.6. The number of hydrogen-bond donors (Lipinski definition) is 1. The van der Waals surface area contributed by atoms with Crippen LogP contribution in [0.5, 0.6) is 0 Å². The van der Waals surface area contributed by atoms with Gasteiger partial charge >= 0.3 is 5.97 Å². The molecule has 0 saturated carbocycles. The maximum Gasteiger partial charge on any atom is 0.319 e. The number of esters is 1. The number of halogens is 2. The van der Waals surface area contributed by atoms with Crippen LogP contribution in [-0.2, 0) is 9.53 Å². The molecule has 3 aromatic carbocycles. The molecule has 2 unspecified atom stereocenters. The first kappa shape index (κ1) is 20.1. The Bertz CT molecular complexity index is 1010. The molecule has 0 spiro atoms. The molecule has 0 saturated heterocycles. The lowest BCUT2D eigenvalue weighted by Crippen LogP contribution is -2.44. The average Bonchev–Trinajstić information content (AvgIpc) is 2.74. The van der Waals surface area contributed by atoms with Crippen LogP contribution in [0.2, 0.25) is 0 Å². The van der Waals surface area contributed by atoms with Gasteiger partial charge in [0.1, 0.15) is 6.17 Å². The third-order valence-electron chi connectivity index (χ3n) is 5.10. The second kappa shape index (κ2) is 8.69. The predicted molar refractivity (Wildman–Crippen MR) is 122 cm³/mol. The molecule has 1 heterocycles. The van der Waals surface area contributed by atoms with Crippen molar-refractivity contribution in [2.75, 3.05) is 19.0 Å². The number of hydrogen-bond acceptors (Lipinski definition) is 4. The average molecular weight is 516 g/mol. The highest BCUT2D eigenvalue weighted by atomic mass is 79.9. The fourth-order valence-corrected chi connectivity index (χ4v) is 4.41. The SMILES string of the molecule is COC(=O)CN1C(c2ccc(Br)cc2)Nc2ccc(Br)cc2C1c1ccccc1. The van der Waals surface area contributed by atoms with Crippen LogP contribution >= 0.6 is 31.9 Å². The number of carbonyl (C=O) groups excluding carboxylic acids is 1. The first-order valence-electron chi connectivity index (χ1n) is 9.26. The van der Waals surface area contributed by atoms with Gasteiger partial charge in [-0.3, -0.25) is 9.69 Å². The highest BCUT2D eigenvalue weighted by molar-refractivity contribution is 9.10.